The van der Waals surface area contributed by atoms with E-state index in [4.69, 9.17) is 27.9 Å². The lowest BCUT2D eigenvalue weighted by Gasteiger charge is -2.23. The summed E-state index contributed by atoms with van der Waals surface area (Å²) in [5.41, 5.74) is 0.106. The number of carbonyl (C=O) groups is 2. The van der Waals surface area contributed by atoms with E-state index < -0.39 is 29.3 Å². The molecule has 33 heavy (non-hydrogen) atoms. The fourth-order valence-corrected chi connectivity index (χ4v) is 3.52. The predicted molar refractivity (Wildman–Crippen MR) is 125 cm³/mol. The number of amides is 1. The van der Waals surface area contributed by atoms with Crippen LogP contribution in [0.2, 0.25) is 10.0 Å². The molecule has 0 bridgehead atoms. The normalized spacial score (nSPS) is 12.1. The fourth-order valence-electron chi connectivity index (χ4n) is 3.16. The van der Waals surface area contributed by atoms with Gasteiger partial charge in [0.05, 0.1) is 7.11 Å². The molecule has 0 saturated carbocycles. The van der Waals surface area contributed by atoms with Crippen molar-refractivity contribution in [2.75, 3.05) is 7.11 Å². The van der Waals surface area contributed by atoms with Crippen molar-refractivity contribution < 1.29 is 23.5 Å². The molecule has 0 aliphatic carbocycles. The molecule has 0 aliphatic heterocycles. The van der Waals surface area contributed by atoms with Crippen LogP contribution < -0.4 is 10.1 Å². The van der Waals surface area contributed by atoms with E-state index in [2.05, 4.69) is 10.1 Å². The standard InChI is InChI=1S/C25H22Cl2FNO4/c1-25(2,24(31)32-3)29-23(30)16-10-13-21(20(28)14-16)33-22(15-8-11-17(26)12-9-15)18-6-4-5-7-19(18)27/h4-14,22H,1-3H3,(H,29,30). The van der Waals surface area contributed by atoms with Crippen molar-refractivity contribution >= 4 is 35.1 Å². The molecule has 1 atom stereocenters. The Morgan fingerprint density at radius 1 is 1.00 bits per heavy atom. The Morgan fingerprint density at radius 2 is 1.67 bits per heavy atom. The number of hydrogen-bond donors (Lipinski definition) is 1. The smallest absolute Gasteiger partial charge is 0.330 e. The average Bonchev–Trinajstić information content (AvgIpc) is 2.78. The highest BCUT2D eigenvalue weighted by atomic mass is 35.5. The second-order valence-corrected chi connectivity index (χ2v) is 8.63. The Labute approximate surface area is 201 Å². The van der Waals surface area contributed by atoms with E-state index in [1.54, 1.807) is 48.5 Å². The van der Waals surface area contributed by atoms with Crippen LogP contribution in [-0.4, -0.2) is 24.5 Å². The van der Waals surface area contributed by atoms with Crippen LogP contribution in [0, 0.1) is 5.82 Å². The number of benzene rings is 3. The van der Waals surface area contributed by atoms with Crippen LogP contribution in [0.4, 0.5) is 4.39 Å². The molecule has 0 aliphatic rings. The molecule has 0 saturated heterocycles. The quantitative estimate of drug-likeness (QED) is 0.414. The second-order valence-electron chi connectivity index (χ2n) is 7.79. The molecule has 0 fully saturated rings. The van der Waals surface area contributed by atoms with Gasteiger partial charge in [-0.25, -0.2) is 9.18 Å². The van der Waals surface area contributed by atoms with E-state index in [0.29, 0.717) is 21.2 Å². The first-order valence-electron chi connectivity index (χ1n) is 9.99. The average molecular weight is 490 g/mol. The van der Waals surface area contributed by atoms with Crippen LogP contribution in [-0.2, 0) is 9.53 Å². The molecule has 0 heterocycles. The zero-order valence-corrected chi connectivity index (χ0v) is 19.7. The molecule has 3 aromatic carbocycles. The van der Waals surface area contributed by atoms with Gasteiger partial charge in [-0.3, -0.25) is 4.79 Å². The van der Waals surface area contributed by atoms with Gasteiger partial charge in [0.25, 0.3) is 5.91 Å². The van der Waals surface area contributed by atoms with Crippen LogP contribution in [0.5, 0.6) is 5.75 Å². The second kappa shape index (κ2) is 10.2. The maximum atomic E-state index is 15.0. The van der Waals surface area contributed by atoms with Crippen LogP contribution >= 0.6 is 23.2 Å². The number of ether oxygens (including phenoxy) is 2. The molecule has 1 unspecified atom stereocenters. The first-order valence-corrected chi connectivity index (χ1v) is 10.7. The van der Waals surface area contributed by atoms with Gasteiger partial charge in [0, 0.05) is 21.2 Å². The molecule has 172 valence electrons. The van der Waals surface area contributed by atoms with Gasteiger partial charge in [-0.2, -0.15) is 0 Å². The molecule has 8 heteroatoms. The Morgan fingerprint density at radius 3 is 2.27 bits per heavy atom. The summed E-state index contributed by atoms with van der Waals surface area (Å²) in [6.07, 6.45) is -0.719. The van der Waals surface area contributed by atoms with E-state index in [9.17, 15) is 14.0 Å². The topological polar surface area (TPSA) is 64.6 Å². The lowest BCUT2D eigenvalue weighted by molar-refractivity contribution is -0.146. The molecule has 0 spiro atoms. The third-order valence-corrected chi connectivity index (χ3v) is 5.52. The van der Waals surface area contributed by atoms with Gasteiger partial charge in [-0.15, -0.1) is 0 Å². The molecular weight excluding hydrogens is 468 g/mol. The summed E-state index contributed by atoms with van der Waals surface area (Å²) in [5, 5.41) is 3.53. The maximum absolute atomic E-state index is 15.0. The summed E-state index contributed by atoms with van der Waals surface area (Å²) in [5.74, 6) is -2.07. The number of carbonyl (C=O) groups excluding carboxylic acids is 2. The summed E-state index contributed by atoms with van der Waals surface area (Å²) in [6, 6.07) is 17.9. The van der Waals surface area contributed by atoms with Crippen molar-refractivity contribution in [3.8, 4) is 5.75 Å². The summed E-state index contributed by atoms with van der Waals surface area (Å²) in [6.45, 7) is 2.98. The zero-order chi connectivity index (χ0) is 24.2. The molecule has 1 amide bonds. The molecule has 5 nitrogen and oxygen atoms in total. The Kier molecular flexibility index (Phi) is 7.61. The predicted octanol–water partition coefficient (Wildman–Crippen LogP) is 5.98. The number of esters is 1. The van der Waals surface area contributed by atoms with E-state index >= 15 is 0 Å². The van der Waals surface area contributed by atoms with Crippen LogP contribution in [0.25, 0.3) is 0 Å². The largest absolute Gasteiger partial charge is 0.478 e. The molecule has 3 aromatic rings. The van der Waals surface area contributed by atoms with Crippen LogP contribution in [0.15, 0.2) is 66.7 Å². The molecule has 3 rings (SSSR count). The number of methoxy groups -OCH3 is 1. The first-order chi connectivity index (χ1) is 15.6. The molecule has 1 N–H and O–H groups in total. The summed E-state index contributed by atoms with van der Waals surface area (Å²) >= 11 is 12.4. The highest BCUT2D eigenvalue weighted by Gasteiger charge is 2.31. The van der Waals surface area contributed by atoms with Gasteiger partial charge >= 0.3 is 5.97 Å². The SMILES string of the molecule is COC(=O)C(C)(C)NC(=O)c1ccc(OC(c2ccc(Cl)cc2)c2ccccc2Cl)c(F)c1. The number of rotatable bonds is 7. The summed E-state index contributed by atoms with van der Waals surface area (Å²) in [7, 11) is 1.22. The van der Waals surface area contributed by atoms with Gasteiger partial charge in [0.1, 0.15) is 5.54 Å². The van der Waals surface area contributed by atoms with Gasteiger partial charge < -0.3 is 14.8 Å². The highest BCUT2D eigenvalue weighted by Crippen LogP contribution is 2.34. The highest BCUT2D eigenvalue weighted by molar-refractivity contribution is 6.31. The van der Waals surface area contributed by atoms with Gasteiger partial charge in [0.15, 0.2) is 17.7 Å². The van der Waals surface area contributed by atoms with Crippen LogP contribution in [0.3, 0.4) is 0 Å². The number of nitrogens with one attached hydrogen (secondary N) is 1. The van der Waals surface area contributed by atoms with Crippen molar-refractivity contribution in [1.82, 2.24) is 5.32 Å². The Bertz CT molecular complexity index is 1170. The van der Waals surface area contributed by atoms with Gasteiger partial charge in [-0.1, -0.05) is 53.5 Å². The lowest BCUT2D eigenvalue weighted by atomic mass is 10.0. The first kappa shape index (κ1) is 24.6. The summed E-state index contributed by atoms with van der Waals surface area (Å²) < 4.78 is 25.7. The minimum atomic E-state index is -1.28. The molecule has 0 aromatic heterocycles. The van der Waals surface area contributed by atoms with E-state index in [0.717, 1.165) is 6.07 Å². The summed E-state index contributed by atoms with van der Waals surface area (Å²) in [4.78, 5) is 24.3. The Hall–Kier alpha value is -3.09. The van der Waals surface area contributed by atoms with E-state index in [-0.39, 0.29) is 11.3 Å². The van der Waals surface area contributed by atoms with E-state index in [1.165, 1.54) is 33.1 Å². The number of hydrogen-bond acceptors (Lipinski definition) is 4. The van der Waals surface area contributed by atoms with Crippen molar-refractivity contribution in [3.05, 3.63) is 99.3 Å². The van der Waals surface area contributed by atoms with Crippen molar-refractivity contribution in [2.45, 2.75) is 25.5 Å². The molecular formula is C25H22Cl2FNO4. The van der Waals surface area contributed by atoms with Crippen molar-refractivity contribution in [3.63, 3.8) is 0 Å². The zero-order valence-electron chi connectivity index (χ0n) is 18.2. The third-order valence-electron chi connectivity index (χ3n) is 4.92. The number of halogens is 3. The minimum Gasteiger partial charge on any atom is -0.478 e. The fraction of sp³-hybridized carbons (Fsp3) is 0.200. The van der Waals surface area contributed by atoms with Crippen molar-refractivity contribution in [2.24, 2.45) is 0 Å². The van der Waals surface area contributed by atoms with E-state index in [1.807, 2.05) is 0 Å². The van der Waals surface area contributed by atoms with Crippen LogP contribution in [0.1, 0.15) is 41.4 Å². The molecule has 0 radical (unpaired) electrons. The van der Waals surface area contributed by atoms with Gasteiger partial charge in [0.2, 0.25) is 0 Å². The van der Waals surface area contributed by atoms with Crippen molar-refractivity contribution in [1.29, 1.82) is 0 Å². The Balaban J connectivity index is 1.90. The maximum Gasteiger partial charge on any atom is 0.330 e. The minimum absolute atomic E-state index is 0.0256. The van der Waals surface area contributed by atoms with Gasteiger partial charge in [-0.05, 0) is 55.8 Å². The monoisotopic (exact) mass is 489 g/mol. The lowest BCUT2D eigenvalue weighted by Crippen LogP contribution is -2.50. The third kappa shape index (κ3) is 5.83.